The minimum atomic E-state index is -0.424. The fraction of sp³-hybridized carbons (Fsp3) is 0.0625. The Balaban J connectivity index is 1.43. The molecule has 1 aromatic heterocycles. The van der Waals surface area contributed by atoms with Gasteiger partial charge in [-0.05, 0) is 60.6 Å². The van der Waals surface area contributed by atoms with E-state index in [-0.39, 0.29) is 5.69 Å². The Morgan fingerprint density at radius 3 is 2.05 bits per heavy atom. The summed E-state index contributed by atoms with van der Waals surface area (Å²) in [6, 6.07) is 32.9. The van der Waals surface area contributed by atoms with E-state index in [4.69, 9.17) is 14.7 Å². The highest BCUT2D eigenvalue weighted by Crippen LogP contribution is 2.36. The summed E-state index contributed by atoms with van der Waals surface area (Å²) in [5.74, 6) is -0.402. The van der Waals surface area contributed by atoms with E-state index in [1.165, 1.54) is 6.07 Å². The zero-order valence-electron chi connectivity index (χ0n) is 22.0. The SMILES string of the molecule is CCOC(=O)c1ccc(N=Cc2ccc(Sc3nc(-c4ccccc4)cc(-c4ccccc4)n3)c([N+](=O)[O-])c2)cc1. The molecule has 5 rings (SSSR count). The van der Waals surface area contributed by atoms with Gasteiger partial charge < -0.3 is 4.74 Å². The Bertz CT molecular complexity index is 1650. The van der Waals surface area contributed by atoms with E-state index in [0.29, 0.717) is 33.5 Å². The molecule has 0 radical (unpaired) electrons. The average Bonchev–Trinajstić information content (AvgIpc) is 3.01. The van der Waals surface area contributed by atoms with Crippen LogP contribution in [0.2, 0.25) is 0 Å². The van der Waals surface area contributed by atoms with Crippen LogP contribution in [0.3, 0.4) is 0 Å². The summed E-state index contributed by atoms with van der Waals surface area (Å²) in [7, 11) is 0. The van der Waals surface area contributed by atoms with Gasteiger partial charge in [0.1, 0.15) is 0 Å². The molecular weight excluding hydrogens is 536 g/mol. The number of ether oxygens (including phenoxy) is 1. The zero-order chi connectivity index (χ0) is 28.6. The number of esters is 1. The first-order chi connectivity index (χ1) is 20.0. The third-order valence-electron chi connectivity index (χ3n) is 5.97. The number of nitro groups is 1. The van der Waals surface area contributed by atoms with Crippen molar-refractivity contribution in [1.29, 1.82) is 0 Å². The van der Waals surface area contributed by atoms with Crippen LogP contribution in [0, 0.1) is 10.1 Å². The lowest BCUT2D eigenvalue weighted by Crippen LogP contribution is -2.03. The molecule has 9 heteroatoms. The largest absolute Gasteiger partial charge is 0.462 e. The molecule has 0 bridgehead atoms. The van der Waals surface area contributed by atoms with E-state index in [1.807, 2.05) is 66.7 Å². The highest BCUT2D eigenvalue weighted by atomic mass is 32.2. The number of hydrogen-bond donors (Lipinski definition) is 0. The molecule has 5 aromatic rings. The Morgan fingerprint density at radius 2 is 1.49 bits per heavy atom. The third-order valence-corrected chi connectivity index (χ3v) is 6.90. The van der Waals surface area contributed by atoms with Gasteiger partial charge in [0.15, 0.2) is 5.16 Å². The summed E-state index contributed by atoms with van der Waals surface area (Å²) in [5.41, 5.74) is 4.79. The number of benzene rings is 4. The van der Waals surface area contributed by atoms with Crippen molar-refractivity contribution in [2.24, 2.45) is 4.99 Å². The van der Waals surface area contributed by atoms with Gasteiger partial charge in [-0.3, -0.25) is 15.1 Å². The van der Waals surface area contributed by atoms with Gasteiger partial charge in [-0.25, -0.2) is 14.8 Å². The second-order valence-electron chi connectivity index (χ2n) is 8.76. The van der Waals surface area contributed by atoms with Crippen molar-refractivity contribution in [3.63, 3.8) is 0 Å². The van der Waals surface area contributed by atoms with Crippen LogP contribution in [0.15, 0.2) is 124 Å². The smallest absolute Gasteiger partial charge is 0.338 e. The van der Waals surface area contributed by atoms with E-state index < -0.39 is 10.9 Å². The maximum atomic E-state index is 12.0. The standard InChI is InChI=1S/C32H24N4O4S/c1-2-40-31(37)25-14-16-26(17-15-25)33-21-22-13-18-30(29(19-22)36(38)39)41-32-34-27(23-9-5-3-6-10-23)20-28(35-32)24-11-7-4-8-12-24/h3-21H,2H2,1H3. The molecule has 1 heterocycles. The monoisotopic (exact) mass is 560 g/mol. The molecule has 4 aromatic carbocycles. The molecule has 0 amide bonds. The molecule has 0 atom stereocenters. The average molecular weight is 561 g/mol. The quantitative estimate of drug-likeness (QED) is 0.0595. The lowest BCUT2D eigenvalue weighted by atomic mass is 10.1. The molecule has 0 N–H and O–H groups in total. The fourth-order valence-corrected chi connectivity index (χ4v) is 4.83. The van der Waals surface area contributed by atoms with E-state index in [1.54, 1.807) is 49.5 Å². The Hall–Kier alpha value is -5.15. The third kappa shape index (κ3) is 6.90. The number of aromatic nitrogens is 2. The van der Waals surface area contributed by atoms with Gasteiger partial charge in [-0.2, -0.15) is 0 Å². The van der Waals surface area contributed by atoms with E-state index in [9.17, 15) is 14.9 Å². The first-order valence-corrected chi connectivity index (χ1v) is 13.6. The predicted molar refractivity (Wildman–Crippen MR) is 160 cm³/mol. The molecule has 0 saturated carbocycles. The second kappa shape index (κ2) is 12.8. The number of nitrogens with zero attached hydrogens (tertiary/aromatic N) is 4. The summed E-state index contributed by atoms with van der Waals surface area (Å²) < 4.78 is 4.99. The van der Waals surface area contributed by atoms with Crippen LogP contribution >= 0.6 is 11.8 Å². The first kappa shape index (κ1) is 27.4. The van der Waals surface area contributed by atoms with E-state index >= 15 is 0 Å². The lowest BCUT2D eigenvalue weighted by molar-refractivity contribution is -0.387. The van der Waals surface area contributed by atoms with Crippen molar-refractivity contribution in [1.82, 2.24) is 9.97 Å². The number of nitro benzene ring substituents is 1. The molecule has 0 fully saturated rings. The Kier molecular flexibility index (Phi) is 8.56. The number of hydrogen-bond acceptors (Lipinski definition) is 8. The van der Waals surface area contributed by atoms with Crippen molar-refractivity contribution >= 4 is 35.3 Å². The van der Waals surface area contributed by atoms with Gasteiger partial charge in [-0.15, -0.1) is 0 Å². The van der Waals surface area contributed by atoms with Crippen molar-refractivity contribution in [2.45, 2.75) is 17.0 Å². The van der Waals surface area contributed by atoms with Gasteiger partial charge in [0.05, 0.1) is 39.1 Å². The minimum absolute atomic E-state index is 0.0772. The number of carbonyl (C=O) groups excluding carboxylic acids is 1. The van der Waals surface area contributed by atoms with Crippen LogP contribution in [-0.4, -0.2) is 33.7 Å². The van der Waals surface area contributed by atoms with E-state index in [0.717, 1.165) is 34.3 Å². The molecule has 0 spiro atoms. The van der Waals surface area contributed by atoms with Gasteiger partial charge in [0.2, 0.25) is 0 Å². The fourth-order valence-electron chi connectivity index (χ4n) is 3.97. The molecule has 0 saturated heterocycles. The maximum absolute atomic E-state index is 12.0. The summed E-state index contributed by atoms with van der Waals surface area (Å²) in [5, 5.41) is 12.4. The Labute approximate surface area is 241 Å². The summed E-state index contributed by atoms with van der Waals surface area (Å²) in [4.78, 5) is 37.7. The lowest BCUT2D eigenvalue weighted by Gasteiger charge is -2.09. The van der Waals surface area contributed by atoms with Gasteiger partial charge in [-0.1, -0.05) is 66.7 Å². The Morgan fingerprint density at radius 1 is 0.878 bits per heavy atom. The highest BCUT2D eigenvalue weighted by Gasteiger charge is 2.18. The second-order valence-corrected chi connectivity index (χ2v) is 9.77. The first-order valence-electron chi connectivity index (χ1n) is 12.8. The normalized spacial score (nSPS) is 11.0. The van der Waals surface area contributed by atoms with Crippen LogP contribution in [0.4, 0.5) is 11.4 Å². The van der Waals surface area contributed by atoms with Crippen LogP contribution in [0.1, 0.15) is 22.8 Å². The summed E-state index contributed by atoms with van der Waals surface area (Å²) in [6.07, 6.45) is 1.54. The van der Waals surface area contributed by atoms with Gasteiger partial charge >= 0.3 is 5.97 Å². The van der Waals surface area contributed by atoms with Gasteiger partial charge in [0.25, 0.3) is 5.69 Å². The van der Waals surface area contributed by atoms with Crippen molar-refractivity contribution in [2.75, 3.05) is 6.61 Å². The van der Waals surface area contributed by atoms with Crippen molar-refractivity contribution in [3.8, 4) is 22.5 Å². The van der Waals surface area contributed by atoms with Crippen molar-refractivity contribution in [3.05, 3.63) is 130 Å². The molecule has 0 aliphatic heterocycles. The van der Waals surface area contributed by atoms with Crippen LogP contribution < -0.4 is 0 Å². The summed E-state index contributed by atoms with van der Waals surface area (Å²) in [6.45, 7) is 2.04. The molecule has 202 valence electrons. The minimum Gasteiger partial charge on any atom is -0.462 e. The topological polar surface area (TPSA) is 108 Å². The van der Waals surface area contributed by atoms with Gasteiger partial charge in [0, 0.05) is 23.4 Å². The van der Waals surface area contributed by atoms with Crippen molar-refractivity contribution < 1.29 is 14.5 Å². The molecule has 41 heavy (non-hydrogen) atoms. The zero-order valence-corrected chi connectivity index (χ0v) is 22.8. The number of rotatable bonds is 9. The molecule has 8 nitrogen and oxygen atoms in total. The molecular formula is C32H24N4O4S. The number of aliphatic imine (C=N–C) groups is 1. The molecule has 0 aliphatic carbocycles. The maximum Gasteiger partial charge on any atom is 0.338 e. The van der Waals surface area contributed by atoms with E-state index in [2.05, 4.69) is 4.99 Å². The van der Waals surface area contributed by atoms with Crippen LogP contribution in [-0.2, 0) is 4.74 Å². The predicted octanol–water partition coefficient (Wildman–Crippen LogP) is 7.80. The number of carbonyl (C=O) groups is 1. The summed E-state index contributed by atoms with van der Waals surface area (Å²) >= 11 is 1.14. The van der Waals surface area contributed by atoms with Crippen LogP contribution in [0.5, 0.6) is 0 Å². The molecule has 0 aliphatic rings. The van der Waals surface area contributed by atoms with Crippen LogP contribution in [0.25, 0.3) is 22.5 Å². The molecule has 0 unspecified atom stereocenters. The highest BCUT2D eigenvalue weighted by molar-refractivity contribution is 7.99.